The third-order valence-corrected chi connectivity index (χ3v) is 8.47. The molecule has 1 aromatic rings. The number of urea groups is 1. The molecule has 7 nitrogen and oxygen atoms in total. The van der Waals surface area contributed by atoms with Gasteiger partial charge in [0.25, 0.3) is 0 Å². The Morgan fingerprint density at radius 2 is 1.48 bits per heavy atom. The zero-order valence-electron chi connectivity index (χ0n) is 20.3. The van der Waals surface area contributed by atoms with Crippen LogP contribution in [0.15, 0.2) is 12.1 Å². The number of methoxy groups -OCH3 is 3. The molecule has 182 valence electrons. The van der Waals surface area contributed by atoms with E-state index in [1.165, 1.54) is 38.5 Å². The molecule has 4 saturated carbocycles. The van der Waals surface area contributed by atoms with Gasteiger partial charge in [-0.15, -0.1) is 0 Å². The van der Waals surface area contributed by atoms with Crippen molar-refractivity contribution in [1.29, 1.82) is 0 Å². The van der Waals surface area contributed by atoms with E-state index in [0.29, 0.717) is 17.2 Å². The second-order valence-corrected chi connectivity index (χ2v) is 10.9. The summed E-state index contributed by atoms with van der Waals surface area (Å²) in [6.07, 6.45) is 9.71. The van der Waals surface area contributed by atoms with Gasteiger partial charge in [0.15, 0.2) is 11.5 Å². The van der Waals surface area contributed by atoms with E-state index < -0.39 is 0 Å². The zero-order chi connectivity index (χ0) is 23.0. The molecule has 2 N–H and O–H groups in total. The third kappa shape index (κ3) is 4.75. The molecule has 0 unspecified atom stereocenters. The SMILES string of the molecule is COc1cc(CN2CCC(NC(=O)NC34CC5CC(CC(C5)C3)C4)CC2)cc(OC)c1OC. The van der Waals surface area contributed by atoms with Gasteiger partial charge in [0.1, 0.15) is 0 Å². The fraction of sp³-hybridized carbons (Fsp3) is 0.731. The van der Waals surface area contributed by atoms with Gasteiger partial charge < -0.3 is 24.8 Å². The Balaban J connectivity index is 1.12. The van der Waals surface area contributed by atoms with Gasteiger partial charge in [-0.2, -0.15) is 0 Å². The van der Waals surface area contributed by atoms with E-state index in [1.807, 2.05) is 12.1 Å². The minimum Gasteiger partial charge on any atom is -0.493 e. The molecule has 7 heteroatoms. The summed E-state index contributed by atoms with van der Waals surface area (Å²) in [5.41, 5.74) is 1.21. The number of rotatable bonds is 7. The number of hydrogen-bond acceptors (Lipinski definition) is 5. The van der Waals surface area contributed by atoms with Crippen LogP contribution in [0.5, 0.6) is 17.2 Å². The largest absolute Gasteiger partial charge is 0.493 e. The molecule has 4 aliphatic carbocycles. The Hall–Kier alpha value is -2.15. The maximum absolute atomic E-state index is 12.9. The molecule has 1 aromatic carbocycles. The predicted octanol–water partition coefficient (Wildman–Crippen LogP) is 3.94. The molecule has 0 atom stereocenters. The van der Waals surface area contributed by atoms with Crippen LogP contribution in [-0.2, 0) is 6.54 Å². The monoisotopic (exact) mass is 457 g/mol. The van der Waals surface area contributed by atoms with E-state index in [4.69, 9.17) is 14.2 Å². The van der Waals surface area contributed by atoms with Crippen LogP contribution in [0.4, 0.5) is 4.79 Å². The maximum Gasteiger partial charge on any atom is 0.315 e. The minimum atomic E-state index is 0.0556. The van der Waals surface area contributed by atoms with E-state index in [9.17, 15) is 4.79 Å². The highest BCUT2D eigenvalue weighted by Crippen LogP contribution is 2.55. The van der Waals surface area contributed by atoms with Crippen molar-refractivity contribution in [2.24, 2.45) is 17.8 Å². The fourth-order valence-electron chi connectivity index (χ4n) is 7.45. The number of ether oxygens (including phenoxy) is 3. The van der Waals surface area contributed by atoms with Crippen LogP contribution in [0, 0.1) is 17.8 Å². The fourth-order valence-corrected chi connectivity index (χ4v) is 7.45. The number of likely N-dealkylation sites (tertiary alicyclic amines) is 1. The molecule has 0 aromatic heterocycles. The summed E-state index contributed by atoms with van der Waals surface area (Å²) in [7, 11) is 4.91. The van der Waals surface area contributed by atoms with Crippen molar-refractivity contribution in [2.75, 3.05) is 34.4 Å². The first-order valence-electron chi connectivity index (χ1n) is 12.6. The zero-order valence-corrected chi connectivity index (χ0v) is 20.3. The maximum atomic E-state index is 12.9. The Kier molecular flexibility index (Phi) is 6.34. The number of nitrogens with one attached hydrogen (secondary N) is 2. The predicted molar refractivity (Wildman–Crippen MR) is 127 cm³/mol. The van der Waals surface area contributed by atoms with Crippen molar-refractivity contribution < 1.29 is 19.0 Å². The molecule has 6 rings (SSSR count). The van der Waals surface area contributed by atoms with Crippen molar-refractivity contribution in [3.8, 4) is 17.2 Å². The molecule has 4 bridgehead atoms. The standard InChI is InChI=1S/C26H39N3O4/c1-31-22-11-20(12-23(32-2)24(22)33-3)16-29-6-4-21(5-7-29)27-25(30)28-26-13-17-8-18(14-26)10-19(9-17)15-26/h11-12,17-19,21H,4-10,13-16H2,1-3H3,(H2,27,28,30). The highest BCUT2D eigenvalue weighted by atomic mass is 16.5. The number of amides is 2. The molecular weight excluding hydrogens is 418 g/mol. The van der Waals surface area contributed by atoms with E-state index in [2.05, 4.69) is 15.5 Å². The molecule has 1 heterocycles. The van der Waals surface area contributed by atoms with Gasteiger partial charge in [-0.05, 0) is 86.8 Å². The first-order chi connectivity index (χ1) is 16.0. The summed E-state index contributed by atoms with van der Waals surface area (Å²) < 4.78 is 16.4. The van der Waals surface area contributed by atoms with Gasteiger partial charge in [0.2, 0.25) is 5.75 Å². The first-order valence-corrected chi connectivity index (χ1v) is 12.6. The van der Waals surface area contributed by atoms with Crippen molar-refractivity contribution in [3.05, 3.63) is 17.7 Å². The molecule has 0 spiro atoms. The van der Waals surface area contributed by atoms with Crippen LogP contribution in [0.2, 0.25) is 0 Å². The van der Waals surface area contributed by atoms with Crippen molar-refractivity contribution in [1.82, 2.24) is 15.5 Å². The van der Waals surface area contributed by atoms with Crippen molar-refractivity contribution in [3.63, 3.8) is 0 Å². The number of carbonyl (C=O) groups is 1. The van der Waals surface area contributed by atoms with Crippen molar-refractivity contribution >= 4 is 6.03 Å². The quantitative estimate of drug-likeness (QED) is 0.649. The molecule has 5 fully saturated rings. The highest BCUT2D eigenvalue weighted by Gasteiger charge is 2.51. The Bertz CT molecular complexity index is 805. The Labute approximate surface area is 197 Å². The van der Waals surface area contributed by atoms with Gasteiger partial charge in [-0.3, -0.25) is 4.90 Å². The molecular formula is C26H39N3O4. The lowest BCUT2D eigenvalue weighted by atomic mass is 9.53. The van der Waals surface area contributed by atoms with Crippen LogP contribution >= 0.6 is 0 Å². The number of piperidine rings is 1. The number of nitrogens with zero attached hydrogens (tertiary/aromatic N) is 1. The first kappa shape index (κ1) is 22.6. The van der Waals surface area contributed by atoms with Gasteiger partial charge in [0.05, 0.1) is 21.3 Å². The number of hydrogen-bond donors (Lipinski definition) is 2. The Morgan fingerprint density at radius 3 is 1.97 bits per heavy atom. The highest BCUT2D eigenvalue weighted by molar-refractivity contribution is 5.75. The molecule has 1 aliphatic heterocycles. The summed E-state index contributed by atoms with van der Waals surface area (Å²) in [6.45, 7) is 2.74. The van der Waals surface area contributed by atoms with Crippen LogP contribution < -0.4 is 24.8 Å². The summed E-state index contributed by atoms with van der Waals surface area (Å²) in [6, 6.07) is 4.34. The number of benzene rings is 1. The van der Waals surface area contributed by atoms with Gasteiger partial charge >= 0.3 is 6.03 Å². The smallest absolute Gasteiger partial charge is 0.315 e. The van der Waals surface area contributed by atoms with Crippen LogP contribution in [0.1, 0.15) is 56.9 Å². The Morgan fingerprint density at radius 1 is 0.939 bits per heavy atom. The lowest BCUT2D eigenvalue weighted by molar-refractivity contribution is -0.0137. The third-order valence-electron chi connectivity index (χ3n) is 8.47. The van der Waals surface area contributed by atoms with E-state index in [1.54, 1.807) is 21.3 Å². The number of carbonyl (C=O) groups excluding carboxylic acids is 1. The molecule has 1 saturated heterocycles. The second kappa shape index (κ2) is 9.24. The average molecular weight is 458 g/mol. The lowest BCUT2D eigenvalue weighted by Crippen LogP contribution is -2.62. The van der Waals surface area contributed by atoms with Crippen LogP contribution in [-0.4, -0.2) is 56.9 Å². The second-order valence-electron chi connectivity index (χ2n) is 10.9. The topological polar surface area (TPSA) is 72.1 Å². The molecule has 0 radical (unpaired) electrons. The van der Waals surface area contributed by atoms with Crippen LogP contribution in [0.3, 0.4) is 0 Å². The molecule has 5 aliphatic rings. The average Bonchev–Trinajstić information content (AvgIpc) is 2.78. The van der Waals surface area contributed by atoms with Gasteiger partial charge in [-0.25, -0.2) is 4.79 Å². The summed E-state index contributed by atoms with van der Waals surface area (Å²) in [5, 5.41) is 6.75. The summed E-state index contributed by atoms with van der Waals surface area (Å²) in [4.78, 5) is 15.3. The van der Waals surface area contributed by atoms with E-state index in [-0.39, 0.29) is 17.6 Å². The van der Waals surface area contributed by atoms with E-state index in [0.717, 1.165) is 55.8 Å². The summed E-state index contributed by atoms with van der Waals surface area (Å²) in [5.74, 6) is 4.52. The molecule has 2 amide bonds. The van der Waals surface area contributed by atoms with Gasteiger partial charge in [0, 0.05) is 31.2 Å². The van der Waals surface area contributed by atoms with Crippen molar-refractivity contribution in [2.45, 2.75) is 69.5 Å². The molecule has 33 heavy (non-hydrogen) atoms. The summed E-state index contributed by atoms with van der Waals surface area (Å²) >= 11 is 0. The normalized spacial score (nSPS) is 31.3. The minimum absolute atomic E-state index is 0.0556. The lowest BCUT2D eigenvalue weighted by Gasteiger charge is -2.56. The van der Waals surface area contributed by atoms with Crippen LogP contribution in [0.25, 0.3) is 0 Å². The van der Waals surface area contributed by atoms with E-state index >= 15 is 0 Å². The van der Waals surface area contributed by atoms with Gasteiger partial charge in [-0.1, -0.05) is 0 Å².